The summed E-state index contributed by atoms with van der Waals surface area (Å²) in [5.74, 6) is 0. The van der Waals surface area contributed by atoms with Gasteiger partial charge in [0, 0.05) is 31.7 Å². The first-order valence-electron chi connectivity index (χ1n) is 6.80. The van der Waals surface area contributed by atoms with Gasteiger partial charge in [-0.2, -0.15) is 0 Å². The fourth-order valence-corrected chi connectivity index (χ4v) is 2.58. The van der Waals surface area contributed by atoms with Crippen molar-refractivity contribution in [2.75, 3.05) is 40.3 Å². The summed E-state index contributed by atoms with van der Waals surface area (Å²) in [6.45, 7) is 9.26. The minimum absolute atomic E-state index is 0.745. The third kappa shape index (κ3) is 4.04. The SMILES string of the molecule is CCCC(CNCC)N1CCC(N(C)C)C1. The maximum Gasteiger partial charge on any atom is 0.0229 e. The van der Waals surface area contributed by atoms with Crippen LogP contribution in [0.15, 0.2) is 0 Å². The average Bonchev–Trinajstić information content (AvgIpc) is 2.73. The Kier molecular flexibility index (Phi) is 6.32. The molecule has 0 saturated carbocycles. The van der Waals surface area contributed by atoms with Crippen molar-refractivity contribution in [3.63, 3.8) is 0 Å². The van der Waals surface area contributed by atoms with Crippen LogP contribution in [0.2, 0.25) is 0 Å². The quantitative estimate of drug-likeness (QED) is 0.709. The molecule has 0 amide bonds. The number of rotatable bonds is 7. The molecule has 3 heteroatoms. The standard InChI is InChI=1S/C13H29N3/c1-5-7-12(10-14-6-2)16-9-8-13(11-16)15(3)4/h12-14H,5-11H2,1-4H3. The molecule has 1 heterocycles. The Bertz CT molecular complexity index is 182. The molecule has 1 saturated heterocycles. The number of likely N-dealkylation sites (N-methyl/N-ethyl adjacent to an activating group) is 2. The lowest BCUT2D eigenvalue weighted by Gasteiger charge is -2.28. The first-order chi connectivity index (χ1) is 7.69. The van der Waals surface area contributed by atoms with Crippen LogP contribution < -0.4 is 5.32 Å². The number of hydrogen-bond donors (Lipinski definition) is 1. The van der Waals surface area contributed by atoms with Crippen molar-refractivity contribution in [2.24, 2.45) is 0 Å². The zero-order chi connectivity index (χ0) is 12.0. The van der Waals surface area contributed by atoms with Crippen LogP contribution in [0.25, 0.3) is 0 Å². The summed E-state index contributed by atoms with van der Waals surface area (Å²) in [5, 5.41) is 3.50. The van der Waals surface area contributed by atoms with E-state index in [1.165, 1.54) is 32.4 Å². The Morgan fingerprint density at radius 2 is 2.12 bits per heavy atom. The Labute approximate surface area is 101 Å². The van der Waals surface area contributed by atoms with E-state index in [-0.39, 0.29) is 0 Å². The van der Waals surface area contributed by atoms with Gasteiger partial charge in [-0.05, 0) is 33.5 Å². The summed E-state index contributed by atoms with van der Waals surface area (Å²) in [6, 6.07) is 1.51. The van der Waals surface area contributed by atoms with Crippen molar-refractivity contribution in [3.05, 3.63) is 0 Å². The minimum Gasteiger partial charge on any atom is -0.315 e. The number of nitrogens with one attached hydrogen (secondary N) is 1. The van der Waals surface area contributed by atoms with E-state index in [4.69, 9.17) is 0 Å². The van der Waals surface area contributed by atoms with Crippen LogP contribution >= 0.6 is 0 Å². The Morgan fingerprint density at radius 1 is 1.38 bits per heavy atom. The molecule has 2 atom stereocenters. The Balaban J connectivity index is 2.40. The molecule has 96 valence electrons. The molecule has 0 radical (unpaired) electrons. The molecule has 0 aliphatic carbocycles. The maximum atomic E-state index is 3.50. The van der Waals surface area contributed by atoms with Crippen molar-refractivity contribution in [2.45, 2.75) is 45.2 Å². The monoisotopic (exact) mass is 227 g/mol. The molecule has 1 N–H and O–H groups in total. The van der Waals surface area contributed by atoms with E-state index in [1.807, 2.05) is 0 Å². The van der Waals surface area contributed by atoms with Gasteiger partial charge in [0.05, 0.1) is 0 Å². The second kappa shape index (κ2) is 7.25. The molecule has 0 bridgehead atoms. The maximum absolute atomic E-state index is 3.50. The van der Waals surface area contributed by atoms with E-state index in [2.05, 4.69) is 43.1 Å². The number of hydrogen-bond acceptors (Lipinski definition) is 3. The van der Waals surface area contributed by atoms with Crippen molar-refractivity contribution < 1.29 is 0 Å². The highest BCUT2D eigenvalue weighted by atomic mass is 15.3. The largest absolute Gasteiger partial charge is 0.315 e. The summed E-state index contributed by atoms with van der Waals surface area (Å²) >= 11 is 0. The summed E-state index contributed by atoms with van der Waals surface area (Å²) in [5.41, 5.74) is 0. The minimum atomic E-state index is 0.745. The van der Waals surface area contributed by atoms with Crippen LogP contribution in [0.3, 0.4) is 0 Å². The third-order valence-electron chi connectivity index (χ3n) is 3.69. The summed E-state index contributed by atoms with van der Waals surface area (Å²) in [4.78, 5) is 5.05. The summed E-state index contributed by atoms with van der Waals surface area (Å²) in [6.07, 6.45) is 3.95. The molecule has 1 fully saturated rings. The van der Waals surface area contributed by atoms with Crippen molar-refractivity contribution in [1.82, 2.24) is 15.1 Å². The lowest BCUT2D eigenvalue weighted by atomic mass is 10.1. The normalized spacial score (nSPS) is 24.2. The van der Waals surface area contributed by atoms with Crippen LogP contribution in [0.1, 0.15) is 33.1 Å². The second-order valence-corrected chi connectivity index (χ2v) is 5.15. The van der Waals surface area contributed by atoms with Gasteiger partial charge in [0.1, 0.15) is 0 Å². The van der Waals surface area contributed by atoms with E-state index >= 15 is 0 Å². The molecule has 0 aromatic carbocycles. The topological polar surface area (TPSA) is 18.5 Å². The predicted molar refractivity (Wildman–Crippen MR) is 70.9 cm³/mol. The zero-order valence-corrected chi connectivity index (χ0v) is 11.5. The first kappa shape index (κ1) is 13.9. The zero-order valence-electron chi connectivity index (χ0n) is 11.5. The molecule has 1 rings (SSSR count). The molecular weight excluding hydrogens is 198 g/mol. The number of likely N-dealkylation sites (tertiary alicyclic amines) is 1. The fraction of sp³-hybridized carbons (Fsp3) is 1.00. The van der Waals surface area contributed by atoms with Crippen molar-refractivity contribution in [1.29, 1.82) is 0 Å². The molecule has 0 aromatic heterocycles. The van der Waals surface area contributed by atoms with Crippen LogP contribution in [0.5, 0.6) is 0 Å². The molecule has 0 spiro atoms. The van der Waals surface area contributed by atoms with Gasteiger partial charge < -0.3 is 10.2 Å². The Hall–Kier alpha value is -0.120. The smallest absolute Gasteiger partial charge is 0.0229 e. The number of nitrogens with zero attached hydrogens (tertiary/aromatic N) is 2. The van der Waals surface area contributed by atoms with Gasteiger partial charge >= 0.3 is 0 Å². The highest BCUT2D eigenvalue weighted by Gasteiger charge is 2.28. The molecule has 0 aromatic rings. The van der Waals surface area contributed by atoms with E-state index < -0.39 is 0 Å². The summed E-state index contributed by atoms with van der Waals surface area (Å²) in [7, 11) is 4.40. The molecule has 3 nitrogen and oxygen atoms in total. The lowest BCUT2D eigenvalue weighted by Crippen LogP contribution is -2.42. The highest BCUT2D eigenvalue weighted by Crippen LogP contribution is 2.18. The van der Waals surface area contributed by atoms with E-state index in [0.29, 0.717) is 0 Å². The van der Waals surface area contributed by atoms with Gasteiger partial charge in [-0.3, -0.25) is 4.90 Å². The van der Waals surface area contributed by atoms with Gasteiger partial charge in [-0.15, -0.1) is 0 Å². The van der Waals surface area contributed by atoms with Gasteiger partial charge in [-0.1, -0.05) is 20.3 Å². The van der Waals surface area contributed by atoms with Gasteiger partial charge in [0.15, 0.2) is 0 Å². The molecular formula is C13H29N3. The van der Waals surface area contributed by atoms with Crippen molar-refractivity contribution >= 4 is 0 Å². The van der Waals surface area contributed by atoms with E-state index in [0.717, 1.165) is 25.2 Å². The van der Waals surface area contributed by atoms with Gasteiger partial charge in [0.25, 0.3) is 0 Å². The average molecular weight is 227 g/mol. The summed E-state index contributed by atoms with van der Waals surface area (Å²) < 4.78 is 0. The molecule has 16 heavy (non-hydrogen) atoms. The highest BCUT2D eigenvalue weighted by molar-refractivity contribution is 4.86. The predicted octanol–water partition coefficient (Wildman–Crippen LogP) is 1.40. The first-order valence-corrected chi connectivity index (χ1v) is 6.80. The lowest BCUT2D eigenvalue weighted by molar-refractivity contribution is 0.201. The van der Waals surface area contributed by atoms with Crippen molar-refractivity contribution in [3.8, 4) is 0 Å². The molecule has 2 unspecified atom stereocenters. The fourth-order valence-electron chi connectivity index (χ4n) is 2.58. The molecule has 1 aliphatic rings. The van der Waals surface area contributed by atoms with Crippen LogP contribution in [0.4, 0.5) is 0 Å². The van der Waals surface area contributed by atoms with Gasteiger partial charge in [0.2, 0.25) is 0 Å². The van der Waals surface area contributed by atoms with Crippen LogP contribution in [-0.4, -0.2) is 62.2 Å². The van der Waals surface area contributed by atoms with E-state index in [1.54, 1.807) is 0 Å². The van der Waals surface area contributed by atoms with Gasteiger partial charge in [-0.25, -0.2) is 0 Å². The Morgan fingerprint density at radius 3 is 2.62 bits per heavy atom. The second-order valence-electron chi connectivity index (χ2n) is 5.15. The van der Waals surface area contributed by atoms with E-state index in [9.17, 15) is 0 Å². The van der Waals surface area contributed by atoms with Crippen LogP contribution in [-0.2, 0) is 0 Å². The van der Waals surface area contributed by atoms with Crippen LogP contribution in [0, 0.1) is 0 Å². The third-order valence-corrected chi connectivity index (χ3v) is 3.69. The molecule has 1 aliphatic heterocycles.